The molecule has 6 nitrogen and oxygen atoms in total. The van der Waals surface area contributed by atoms with Crippen LogP contribution in [0.1, 0.15) is 45.6 Å². The van der Waals surface area contributed by atoms with Gasteiger partial charge in [-0.1, -0.05) is 12.1 Å². The van der Waals surface area contributed by atoms with Gasteiger partial charge in [0.25, 0.3) is 0 Å². The van der Waals surface area contributed by atoms with Crippen molar-refractivity contribution in [3.8, 4) is 0 Å². The Hall–Kier alpha value is -2.08. The Morgan fingerprint density at radius 1 is 1.12 bits per heavy atom. The van der Waals surface area contributed by atoms with Crippen LogP contribution in [0.25, 0.3) is 11.0 Å². The Morgan fingerprint density at radius 3 is 2.32 bits per heavy atom. The summed E-state index contributed by atoms with van der Waals surface area (Å²) in [5, 5.41) is 3.13. The minimum Gasteiger partial charge on any atom is -0.334 e. The van der Waals surface area contributed by atoms with Crippen LogP contribution in [-0.4, -0.2) is 45.2 Å². The molecule has 0 spiro atoms. The topological polar surface area (TPSA) is 59.3 Å². The molecule has 2 fully saturated rings. The SMILES string of the molecule is CC(C)n1c(=O)n(C(=O)NC2CC3CC[C@@H](C2)N3C)c2ccccc21. The zero-order valence-corrected chi connectivity index (χ0v) is 15.1. The fourth-order valence-electron chi connectivity index (χ4n) is 4.63. The van der Waals surface area contributed by atoms with E-state index in [9.17, 15) is 9.59 Å². The number of nitrogens with one attached hydrogen (secondary N) is 1. The van der Waals surface area contributed by atoms with Crippen molar-refractivity contribution in [1.29, 1.82) is 0 Å². The molecule has 134 valence electrons. The quantitative estimate of drug-likeness (QED) is 0.912. The first-order valence-corrected chi connectivity index (χ1v) is 9.22. The van der Waals surface area contributed by atoms with E-state index in [0.717, 1.165) is 18.4 Å². The summed E-state index contributed by atoms with van der Waals surface area (Å²) in [6, 6.07) is 8.47. The molecule has 2 aromatic rings. The zero-order valence-electron chi connectivity index (χ0n) is 15.1. The molecule has 6 heteroatoms. The second-order valence-electron chi connectivity index (χ2n) is 7.74. The van der Waals surface area contributed by atoms with Gasteiger partial charge in [0.1, 0.15) is 0 Å². The van der Waals surface area contributed by atoms with Crippen molar-refractivity contribution in [2.45, 2.75) is 63.7 Å². The van der Waals surface area contributed by atoms with Crippen LogP contribution in [0.2, 0.25) is 0 Å². The van der Waals surface area contributed by atoms with Crippen LogP contribution in [-0.2, 0) is 0 Å². The monoisotopic (exact) mass is 342 g/mol. The van der Waals surface area contributed by atoms with Crippen LogP contribution in [0.15, 0.2) is 29.1 Å². The number of aromatic nitrogens is 2. The highest BCUT2D eigenvalue weighted by atomic mass is 16.2. The maximum Gasteiger partial charge on any atom is 0.337 e. The molecular weight excluding hydrogens is 316 g/mol. The fourth-order valence-corrected chi connectivity index (χ4v) is 4.63. The molecule has 2 aliphatic heterocycles. The molecule has 3 atom stereocenters. The van der Waals surface area contributed by atoms with Gasteiger partial charge in [-0.2, -0.15) is 0 Å². The van der Waals surface area contributed by atoms with Crippen LogP contribution >= 0.6 is 0 Å². The zero-order chi connectivity index (χ0) is 17.7. The molecule has 0 radical (unpaired) electrons. The summed E-state index contributed by atoms with van der Waals surface area (Å²) in [6.45, 7) is 3.93. The van der Waals surface area contributed by atoms with Crippen LogP contribution < -0.4 is 11.0 Å². The molecule has 1 amide bonds. The van der Waals surface area contributed by atoms with E-state index in [1.54, 1.807) is 4.57 Å². The van der Waals surface area contributed by atoms with Gasteiger partial charge in [-0.15, -0.1) is 0 Å². The van der Waals surface area contributed by atoms with E-state index in [0.29, 0.717) is 17.6 Å². The van der Waals surface area contributed by atoms with Gasteiger partial charge in [0, 0.05) is 24.2 Å². The number of hydrogen-bond acceptors (Lipinski definition) is 3. The molecule has 2 bridgehead atoms. The van der Waals surface area contributed by atoms with E-state index < -0.39 is 0 Å². The van der Waals surface area contributed by atoms with Crippen LogP contribution in [0.4, 0.5) is 4.79 Å². The van der Waals surface area contributed by atoms with Crippen molar-refractivity contribution in [2.24, 2.45) is 0 Å². The Labute approximate surface area is 147 Å². The minimum atomic E-state index is -0.297. The summed E-state index contributed by atoms with van der Waals surface area (Å²) in [7, 11) is 2.18. The lowest BCUT2D eigenvalue weighted by atomic mass is 9.98. The Balaban J connectivity index is 1.65. The number of carbonyl (C=O) groups excluding carboxylic acids is 1. The number of benzene rings is 1. The van der Waals surface area contributed by atoms with E-state index in [1.807, 2.05) is 38.1 Å². The number of para-hydroxylation sites is 2. The van der Waals surface area contributed by atoms with Gasteiger partial charge in [-0.25, -0.2) is 14.2 Å². The summed E-state index contributed by atoms with van der Waals surface area (Å²) in [5.74, 6) is 0. The lowest BCUT2D eigenvalue weighted by Gasteiger charge is -2.36. The van der Waals surface area contributed by atoms with Gasteiger partial charge in [-0.3, -0.25) is 4.57 Å². The Bertz CT molecular complexity index is 852. The number of imidazole rings is 1. The van der Waals surface area contributed by atoms with Crippen LogP contribution in [0, 0.1) is 0 Å². The summed E-state index contributed by atoms with van der Waals surface area (Å²) in [6.07, 6.45) is 4.35. The standard InChI is InChI=1S/C19H26N4O2/c1-12(2)22-16-6-4-5-7-17(16)23(19(22)25)18(24)20-13-10-14-8-9-15(11-13)21(14)3/h4-7,12-15H,8-11H2,1-3H3,(H,20,24)/t13?,14-,15?/m0/s1. The van der Waals surface area contributed by atoms with Crippen molar-refractivity contribution in [3.63, 3.8) is 0 Å². The average Bonchev–Trinajstić information content (AvgIpc) is 2.95. The lowest BCUT2D eigenvalue weighted by molar-refractivity contribution is 0.149. The van der Waals surface area contributed by atoms with Gasteiger partial charge in [0.2, 0.25) is 0 Å². The average molecular weight is 342 g/mol. The molecule has 25 heavy (non-hydrogen) atoms. The third-order valence-corrected chi connectivity index (χ3v) is 5.92. The van der Waals surface area contributed by atoms with Crippen molar-refractivity contribution >= 4 is 17.1 Å². The molecule has 2 saturated heterocycles. The number of piperidine rings is 1. The van der Waals surface area contributed by atoms with Gasteiger partial charge >= 0.3 is 11.7 Å². The third-order valence-electron chi connectivity index (χ3n) is 5.92. The molecule has 2 unspecified atom stereocenters. The largest absolute Gasteiger partial charge is 0.337 e. The highest BCUT2D eigenvalue weighted by Gasteiger charge is 2.39. The number of carbonyl (C=O) groups is 1. The van der Waals surface area contributed by atoms with Crippen LogP contribution in [0.5, 0.6) is 0 Å². The molecule has 4 rings (SSSR count). The maximum atomic E-state index is 12.9. The van der Waals surface area contributed by atoms with Gasteiger partial charge < -0.3 is 10.2 Å². The number of rotatable bonds is 2. The Kier molecular flexibility index (Phi) is 3.95. The minimum absolute atomic E-state index is 0.00521. The fraction of sp³-hybridized carbons (Fsp3) is 0.579. The van der Waals surface area contributed by atoms with Crippen molar-refractivity contribution in [3.05, 3.63) is 34.7 Å². The molecule has 2 aliphatic rings. The predicted molar refractivity (Wildman–Crippen MR) is 98.1 cm³/mol. The molecular formula is C19H26N4O2. The normalized spacial score (nSPS) is 26.5. The first-order chi connectivity index (χ1) is 12.0. The van der Waals surface area contributed by atoms with E-state index in [2.05, 4.69) is 17.3 Å². The molecule has 1 aromatic heterocycles. The summed E-state index contributed by atoms with van der Waals surface area (Å²) in [4.78, 5) is 28.2. The molecule has 0 aliphatic carbocycles. The lowest BCUT2D eigenvalue weighted by Crippen LogP contribution is -2.50. The number of hydrogen-bond donors (Lipinski definition) is 1. The highest BCUT2D eigenvalue weighted by molar-refractivity contribution is 5.89. The highest BCUT2D eigenvalue weighted by Crippen LogP contribution is 2.34. The first kappa shape index (κ1) is 16.4. The predicted octanol–water partition coefficient (Wildman–Crippen LogP) is 2.57. The maximum absolute atomic E-state index is 12.9. The summed E-state index contributed by atoms with van der Waals surface area (Å²) in [5.41, 5.74) is 1.22. The second-order valence-corrected chi connectivity index (χ2v) is 7.74. The van der Waals surface area contributed by atoms with Gasteiger partial charge in [-0.05, 0) is 58.7 Å². The van der Waals surface area contributed by atoms with Crippen LogP contribution in [0.3, 0.4) is 0 Å². The molecule has 3 heterocycles. The smallest absolute Gasteiger partial charge is 0.334 e. The molecule has 0 saturated carbocycles. The van der Waals surface area contributed by atoms with E-state index in [-0.39, 0.29) is 23.8 Å². The van der Waals surface area contributed by atoms with Gasteiger partial charge in [0.05, 0.1) is 11.0 Å². The summed E-state index contributed by atoms with van der Waals surface area (Å²) < 4.78 is 2.99. The Morgan fingerprint density at radius 2 is 1.72 bits per heavy atom. The number of fused-ring (bicyclic) bond motifs is 3. The molecule has 1 N–H and O–H groups in total. The molecule has 1 aromatic carbocycles. The van der Waals surface area contributed by atoms with Crippen molar-refractivity contribution < 1.29 is 4.79 Å². The number of nitrogens with zero attached hydrogens (tertiary/aromatic N) is 3. The van der Waals surface area contributed by atoms with E-state index in [4.69, 9.17) is 0 Å². The van der Waals surface area contributed by atoms with Crippen molar-refractivity contribution in [1.82, 2.24) is 19.4 Å². The van der Waals surface area contributed by atoms with Gasteiger partial charge in [0.15, 0.2) is 0 Å². The first-order valence-electron chi connectivity index (χ1n) is 9.22. The van der Waals surface area contributed by atoms with E-state index >= 15 is 0 Å². The number of amides is 1. The third kappa shape index (κ3) is 2.59. The van der Waals surface area contributed by atoms with E-state index in [1.165, 1.54) is 17.4 Å². The summed E-state index contributed by atoms with van der Waals surface area (Å²) >= 11 is 0. The second kappa shape index (κ2) is 6.02. The van der Waals surface area contributed by atoms with Crippen molar-refractivity contribution in [2.75, 3.05) is 7.05 Å².